The number of halogens is 2. The van der Waals surface area contributed by atoms with Gasteiger partial charge in [0, 0.05) is 10.2 Å². The summed E-state index contributed by atoms with van der Waals surface area (Å²) >= 11 is 6.84. The number of ether oxygens (including phenoxy) is 1. The summed E-state index contributed by atoms with van der Waals surface area (Å²) in [4.78, 5) is 0.373. The summed E-state index contributed by atoms with van der Waals surface area (Å²) < 4.78 is 5.64. The van der Waals surface area contributed by atoms with Crippen molar-refractivity contribution in [3.05, 3.63) is 5.21 Å². The summed E-state index contributed by atoms with van der Waals surface area (Å²) in [6, 6.07) is 0. The molecule has 0 radical (unpaired) electrons. The molecule has 0 aromatic carbocycles. The number of hydrogen-bond acceptors (Lipinski definition) is 3. The maximum Gasteiger partial charge on any atom is 0.0603 e. The fourth-order valence-corrected chi connectivity index (χ4v) is 1.62. The molecule has 13 heavy (non-hydrogen) atoms. The van der Waals surface area contributed by atoms with Gasteiger partial charge in [-0.3, -0.25) is 0 Å². The van der Waals surface area contributed by atoms with Gasteiger partial charge in [-0.15, -0.1) is 0 Å². The maximum atomic E-state index is 10.8. The third-order valence-electron chi connectivity index (χ3n) is 2.08. The number of alkyl halides is 2. The van der Waals surface area contributed by atoms with Gasteiger partial charge in [0.15, 0.2) is 0 Å². The lowest BCUT2D eigenvalue weighted by atomic mass is 10.1. The highest BCUT2D eigenvalue weighted by Crippen LogP contribution is 2.14. The van der Waals surface area contributed by atoms with E-state index >= 15 is 0 Å². The standard InChI is InChI=1S/C8H14Br2NO2/c9-5-7(10)6-13-8-1-3-11(12)4-2-8/h7-8H,1-6H2/q-1. The van der Waals surface area contributed by atoms with Crippen molar-refractivity contribution in [2.45, 2.75) is 23.8 Å². The van der Waals surface area contributed by atoms with Crippen LogP contribution in [0.3, 0.4) is 0 Å². The molecule has 5 heteroatoms. The molecule has 3 nitrogen and oxygen atoms in total. The molecule has 0 amide bonds. The minimum atomic E-state index is 0.282. The Balaban J connectivity index is 2.08. The normalized spacial score (nSPS) is 23.3. The first-order chi connectivity index (χ1) is 6.22. The van der Waals surface area contributed by atoms with E-state index in [1.165, 1.54) is 0 Å². The highest BCUT2D eigenvalue weighted by atomic mass is 79.9. The summed E-state index contributed by atoms with van der Waals surface area (Å²) in [5, 5.41) is 12.9. The van der Waals surface area contributed by atoms with Crippen LogP contribution in [-0.2, 0) is 4.74 Å². The van der Waals surface area contributed by atoms with Crippen LogP contribution in [-0.4, -0.2) is 41.0 Å². The average Bonchev–Trinajstić information content (AvgIpc) is 2.16. The van der Waals surface area contributed by atoms with Gasteiger partial charge in [-0.1, -0.05) is 31.9 Å². The van der Waals surface area contributed by atoms with Crippen LogP contribution in [0.15, 0.2) is 0 Å². The van der Waals surface area contributed by atoms with E-state index in [2.05, 4.69) is 31.9 Å². The Morgan fingerprint density at radius 3 is 2.62 bits per heavy atom. The largest absolute Gasteiger partial charge is 0.785 e. The van der Waals surface area contributed by atoms with E-state index in [0.717, 1.165) is 29.8 Å². The molecule has 0 N–H and O–H groups in total. The Morgan fingerprint density at radius 1 is 1.46 bits per heavy atom. The molecule has 0 aliphatic carbocycles. The van der Waals surface area contributed by atoms with Gasteiger partial charge in [0.2, 0.25) is 0 Å². The number of rotatable bonds is 4. The zero-order chi connectivity index (χ0) is 9.68. The summed E-state index contributed by atoms with van der Waals surface area (Å²) in [5.41, 5.74) is 0. The molecule has 1 rings (SSSR count). The summed E-state index contributed by atoms with van der Waals surface area (Å²) in [6.07, 6.45) is 2.01. The van der Waals surface area contributed by atoms with E-state index in [0.29, 0.717) is 17.9 Å². The molecular formula is C8H14Br2NO2-. The molecule has 1 atom stereocenters. The van der Waals surface area contributed by atoms with Crippen molar-refractivity contribution >= 4 is 31.9 Å². The van der Waals surface area contributed by atoms with Gasteiger partial charge in [0.25, 0.3) is 0 Å². The van der Waals surface area contributed by atoms with Crippen molar-refractivity contribution in [1.82, 2.24) is 5.06 Å². The molecule has 1 fully saturated rings. The Morgan fingerprint density at radius 2 is 2.08 bits per heavy atom. The molecule has 1 unspecified atom stereocenters. The van der Waals surface area contributed by atoms with Gasteiger partial charge < -0.3 is 15.0 Å². The van der Waals surface area contributed by atoms with Crippen molar-refractivity contribution in [1.29, 1.82) is 0 Å². The molecule has 0 bridgehead atoms. The van der Waals surface area contributed by atoms with Crippen molar-refractivity contribution in [2.24, 2.45) is 0 Å². The van der Waals surface area contributed by atoms with Crippen LogP contribution in [0.1, 0.15) is 12.8 Å². The molecule has 0 saturated carbocycles. The zero-order valence-corrected chi connectivity index (χ0v) is 10.6. The van der Waals surface area contributed by atoms with Crippen molar-refractivity contribution in [3.63, 3.8) is 0 Å². The summed E-state index contributed by atoms with van der Waals surface area (Å²) in [5.74, 6) is 0. The van der Waals surface area contributed by atoms with Crippen LogP contribution in [0.4, 0.5) is 0 Å². The molecular weight excluding hydrogens is 302 g/mol. The van der Waals surface area contributed by atoms with Crippen molar-refractivity contribution in [2.75, 3.05) is 25.0 Å². The first-order valence-corrected chi connectivity index (χ1v) is 6.50. The molecule has 0 spiro atoms. The second-order valence-electron chi connectivity index (χ2n) is 3.21. The molecule has 1 aliphatic rings. The minimum absolute atomic E-state index is 0.282. The molecule has 1 aliphatic heterocycles. The second-order valence-corrected chi connectivity index (χ2v) is 5.16. The Kier molecular flexibility index (Phi) is 5.82. The lowest BCUT2D eigenvalue weighted by Crippen LogP contribution is -2.34. The monoisotopic (exact) mass is 314 g/mol. The van der Waals surface area contributed by atoms with Gasteiger partial charge in [-0.05, 0) is 25.9 Å². The van der Waals surface area contributed by atoms with Crippen molar-refractivity contribution < 1.29 is 4.74 Å². The first-order valence-electron chi connectivity index (χ1n) is 4.46. The number of nitrogens with zero attached hydrogens (tertiary/aromatic N) is 1. The van der Waals surface area contributed by atoms with E-state index in [1.807, 2.05) is 0 Å². The van der Waals surface area contributed by atoms with Crippen LogP contribution in [0.2, 0.25) is 0 Å². The fraction of sp³-hybridized carbons (Fsp3) is 1.00. The quantitative estimate of drug-likeness (QED) is 0.746. The van der Waals surface area contributed by atoms with Gasteiger partial charge in [0.1, 0.15) is 0 Å². The summed E-state index contributed by atoms with van der Waals surface area (Å²) in [6.45, 7) is 1.95. The summed E-state index contributed by atoms with van der Waals surface area (Å²) in [7, 11) is 0. The Labute approximate surface area is 95.6 Å². The highest BCUT2D eigenvalue weighted by Gasteiger charge is 2.15. The van der Waals surface area contributed by atoms with Crippen LogP contribution < -0.4 is 0 Å². The smallest absolute Gasteiger partial charge is 0.0603 e. The fourth-order valence-electron chi connectivity index (χ4n) is 1.28. The molecule has 78 valence electrons. The van der Waals surface area contributed by atoms with Gasteiger partial charge >= 0.3 is 0 Å². The average molecular weight is 316 g/mol. The van der Waals surface area contributed by atoms with Crippen LogP contribution >= 0.6 is 31.9 Å². The van der Waals surface area contributed by atoms with Gasteiger partial charge in [-0.25, -0.2) is 0 Å². The zero-order valence-electron chi connectivity index (χ0n) is 7.42. The Bertz CT molecular complexity index is 140. The van der Waals surface area contributed by atoms with Crippen LogP contribution in [0.25, 0.3) is 0 Å². The van der Waals surface area contributed by atoms with Gasteiger partial charge in [0.05, 0.1) is 12.7 Å². The lowest BCUT2D eigenvalue weighted by Gasteiger charge is -2.36. The van der Waals surface area contributed by atoms with E-state index in [9.17, 15) is 5.21 Å². The lowest BCUT2D eigenvalue weighted by molar-refractivity contribution is 0.0192. The van der Waals surface area contributed by atoms with E-state index in [-0.39, 0.29) is 6.10 Å². The SMILES string of the molecule is [O-]N1CCC(OCC(Br)CBr)CC1. The van der Waals surface area contributed by atoms with E-state index < -0.39 is 0 Å². The van der Waals surface area contributed by atoms with E-state index in [1.54, 1.807) is 0 Å². The second kappa shape index (κ2) is 6.35. The highest BCUT2D eigenvalue weighted by molar-refractivity contribution is 9.12. The maximum absolute atomic E-state index is 10.8. The minimum Gasteiger partial charge on any atom is -0.785 e. The van der Waals surface area contributed by atoms with Crippen LogP contribution in [0, 0.1) is 5.21 Å². The third-order valence-corrected chi connectivity index (χ3v) is 4.32. The number of hydroxylamine groups is 2. The number of piperidine rings is 1. The third kappa shape index (κ3) is 4.74. The van der Waals surface area contributed by atoms with Gasteiger partial charge in [-0.2, -0.15) is 0 Å². The Hall–Kier alpha value is 0.840. The molecule has 1 saturated heterocycles. The first kappa shape index (κ1) is 11.9. The number of hydrogen-bond donors (Lipinski definition) is 0. The van der Waals surface area contributed by atoms with E-state index in [4.69, 9.17) is 4.74 Å². The molecule has 0 aromatic rings. The topological polar surface area (TPSA) is 35.5 Å². The molecule has 0 aromatic heterocycles. The predicted molar refractivity (Wildman–Crippen MR) is 60.4 cm³/mol. The van der Waals surface area contributed by atoms with Crippen LogP contribution in [0.5, 0.6) is 0 Å². The van der Waals surface area contributed by atoms with Crippen molar-refractivity contribution in [3.8, 4) is 0 Å². The predicted octanol–water partition coefficient (Wildman–Crippen LogP) is 2.12. The molecule has 1 heterocycles.